The van der Waals surface area contributed by atoms with Crippen LogP contribution in [0.25, 0.3) is 0 Å². The van der Waals surface area contributed by atoms with E-state index in [0.717, 1.165) is 17.8 Å². The number of carbonyl (C=O) groups is 2. The van der Waals surface area contributed by atoms with Crippen molar-refractivity contribution in [3.8, 4) is 0 Å². The lowest BCUT2D eigenvalue weighted by molar-refractivity contribution is -0.192. The molecular formula is C11H11F3N2O3. The van der Waals surface area contributed by atoms with Crippen LogP contribution < -0.4 is 10.6 Å². The number of benzene rings is 1. The first-order chi connectivity index (χ1) is 8.80. The van der Waals surface area contributed by atoms with Crippen LogP contribution in [0.3, 0.4) is 0 Å². The molecule has 1 aromatic carbocycles. The van der Waals surface area contributed by atoms with Gasteiger partial charge in [-0.2, -0.15) is 13.2 Å². The van der Waals surface area contributed by atoms with Crippen LogP contribution in [0.1, 0.15) is 5.56 Å². The molecule has 0 spiro atoms. The van der Waals surface area contributed by atoms with Gasteiger partial charge in [-0.25, -0.2) is 4.79 Å². The summed E-state index contributed by atoms with van der Waals surface area (Å²) in [5, 5.41) is 13.0. The third kappa shape index (κ3) is 4.96. The third-order valence-corrected chi connectivity index (χ3v) is 2.13. The Balaban J connectivity index is 0.000000224. The van der Waals surface area contributed by atoms with Crippen LogP contribution in [-0.2, 0) is 16.1 Å². The molecule has 1 aliphatic rings. The van der Waals surface area contributed by atoms with Gasteiger partial charge in [0.05, 0.1) is 6.54 Å². The van der Waals surface area contributed by atoms with Gasteiger partial charge in [0.2, 0.25) is 5.91 Å². The van der Waals surface area contributed by atoms with Crippen molar-refractivity contribution in [2.45, 2.75) is 12.7 Å². The van der Waals surface area contributed by atoms with Gasteiger partial charge >= 0.3 is 12.1 Å². The fourth-order valence-electron chi connectivity index (χ4n) is 1.30. The molecule has 0 bridgehead atoms. The molecule has 0 aromatic heterocycles. The molecule has 1 amide bonds. The van der Waals surface area contributed by atoms with Gasteiger partial charge in [0, 0.05) is 12.2 Å². The number of fused-ring (bicyclic) bond motifs is 1. The molecule has 0 saturated heterocycles. The molecule has 3 N–H and O–H groups in total. The molecular weight excluding hydrogens is 265 g/mol. The van der Waals surface area contributed by atoms with Gasteiger partial charge in [0.1, 0.15) is 0 Å². The molecule has 2 rings (SSSR count). The Morgan fingerprint density at radius 3 is 2.37 bits per heavy atom. The molecule has 19 heavy (non-hydrogen) atoms. The number of para-hydroxylation sites is 1. The van der Waals surface area contributed by atoms with Crippen LogP contribution in [0.2, 0.25) is 0 Å². The molecule has 0 aliphatic carbocycles. The second kappa shape index (κ2) is 6.19. The molecule has 0 saturated carbocycles. The van der Waals surface area contributed by atoms with Gasteiger partial charge < -0.3 is 15.7 Å². The third-order valence-electron chi connectivity index (χ3n) is 2.13. The van der Waals surface area contributed by atoms with E-state index in [1.807, 2.05) is 24.3 Å². The zero-order valence-corrected chi connectivity index (χ0v) is 9.62. The fourth-order valence-corrected chi connectivity index (χ4v) is 1.30. The molecule has 0 fully saturated rings. The topological polar surface area (TPSA) is 78.4 Å². The normalized spacial score (nSPS) is 14.4. The van der Waals surface area contributed by atoms with Crippen molar-refractivity contribution in [3.63, 3.8) is 0 Å². The minimum atomic E-state index is -5.08. The molecule has 1 aliphatic heterocycles. The second-order valence-electron chi connectivity index (χ2n) is 3.61. The SMILES string of the molecule is O=C(O)C(F)(F)F.O=C1CNCc2ccccc2N1. The van der Waals surface area contributed by atoms with E-state index in [-0.39, 0.29) is 5.91 Å². The number of carbonyl (C=O) groups excluding carboxylic acids is 1. The number of anilines is 1. The van der Waals surface area contributed by atoms with Crippen LogP contribution in [0.15, 0.2) is 24.3 Å². The predicted octanol–water partition coefficient (Wildman–Crippen LogP) is 1.36. The number of hydrogen-bond donors (Lipinski definition) is 3. The van der Waals surface area contributed by atoms with E-state index in [2.05, 4.69) is 10.6 Å². The van der Waals surface area contributed by atoms with Crippen molar-refractivity contribution in [1.82, 2.24) is 5.32 Å². The lowest BCUT2D eigenvalue weighted by atomic mass is 10.2. The van der Waals surface area contributed by atoms with Crippen molar-refractivity contribution in [3.05, 3.63) is 29.8 Å². The number of carboxylic acid groups (broad SMARTS) is 1. The first-order valence-electron chi connectivity index (χ1n) is 5.19. The number of aliphatic carboxylic acids is 1. The van der Waals surface area contributed by atoms with Crippen LogP contribution in [0.4, 0.5) is 18.9 Å². The zero-order valence-electron chi connectivity index (χ0n) is 9.62. The Kier molecular flexibility index (Phi) is 4.87. The number of hydrogen-bond acceptors (Lipinski definition) is 3. The van der Waals surface area contributed by atoms with Gasteiger partial charge in [-0.05, 0) is 11.6 Å². The van der Waals surface area contributed by atoms with Crippen molar-refractivity contribution in [1.29, 1.82) is 0 Å². The average Bonchev–Trinajstić information content (AvgIpc) is 2.49. The second-order valence-corrected chi connectivity index (χ2v) is 3.61. The summed E-state index contributed by atoms with van der Waals surface area (Å²) in [6, 6.07) is 7.82. The van der Waals surface area contributed by atoms with Crippen molar-refractivity contribution >= 4 is 17.6 Å². The van der Waals surface area contributed by atoms with E-state index in [0.29, 0.717) is 6.54 Å². The molecule has 8 heteroatoms. The minimum Gasteiger partial charge on any atom is -0.475 e. The monoisotopic (exact) mass is 276 g/mol. The highest BCUT2D eigenvalue weighted by Crippen LogP contribution is 2.15. The summed E-state index contributed by atoms with van der Waals surface area (Å²) in [5.74, 6) is -2.73. The summed E-state index contributed by atoms with van der Waals surface area (Å²) in [6.07, 6.45) is -5.08. The van der Waals surface area contributed by atoms with Gasteiger partial charge in [-0.1, -0.05) is 18.2 Å². The van der Waals surface area contributed by atoms with Gasteiger partial charge in [-0.15, -0.1) is 0 Å². The maximum absolute atomic E-state index is 11.1. The van der Waals surface area contributed by atoms with E-state index in [9.17, 15) is 18.0 Å². The summed E-state index contributed by atoms with van der Waals surface area (Å²) >= 11 is 0. The highest BCUT2D eigenvalue weighted by atomic mass is 19.4. The van der Waals surface area contributed by atoms with Crippen LogP contribution in [0.5, 0.6) is 0 Å². The van der Waals surface area contributed by atoms with E-state index < -0.39 is 12.1 Å². The van der Waals surface area contributed by atoms with Gasteiger partial charge in [0.15, 0.2) is 0 Å². The van der Waals surface area contributed by atoms with Crippen LogP contribution in [-0.4, -0.2) is 29.7 Å². The number of rotatable bonds is 0. The average molecular weight is 276 g/mol. The largest absolute Gasteiger partial charge is 0.490 e. The highest BCUT2D eigenvalue weighted by molar-refractivity contribution is 5.93. The number of alkyl halides is 3. The Bertz CT molecular complexity index is 474. The Morgan fingerprint density at radius 2 is 1.79 bits per heavy atom. The molecule has 5 nitrogen and oxygen atoms in total. The zero-order chi connectivity index (χ0) is 14.5. The quantitative estimate of drug-likeness (QED) is 0.668. The fraction of sp³-hybridized carbons (Fsp3) is 0.273. The molecule has 1 aromatic rings. The van der Waals surface area contributed by atoms with Crippen molar-refractivity contribution in [2.75, 3.05) is 11.9 Å². The summed E-state index contributed by atoms with van der Waals surface area (Å²) in [6.45, 7) is 1.16. The Morgan fingerprint density at radius 1 is 1.21 bits per heavy atom. The van der Waals surface area contributed by atoms with Crippen LogP contribution in [0, 0.1) is 0 Å². The Labute approximate surface area is 106 Å². The van der Waals surface area contributed by atoms with Crippen LogP contribution >= 0.6 is 0 Å². The molecule has 0 unspecified atom stereocenters. The predicted molar refractivity (Wildman–Crippen MR) is 60.5 cm³/mol. The first-order valence-corrected chi connectivity index (χ1v) is 5.19. The maximum atomic E-state index is 11.1. The van der Waals surface area contributed by atoms with Crippen molar-refractivity contribution < 1.29 is 27.9 Å². The smallest absolute Gasteiger partial charge is 0.475 e. The van der Waals surface area contributed by atoms with Crippen molar-refractivity contribution in [2.24, 2.45) is 0 Å². The van der Waals surface area contributed by atoms with Gasteiger partial charge in [0.25, 0.3) is 0 Å². The number of nitrogens with one attached hydrogen (secondary N) is 2. The van der Waals surface area contributed by atoms with E-state index >= 15 is 0 Å². The molecule has 0 radical (unpaired) electrons. The lowest BCUT2D eigenvalue weighted by Gasteiger charge is -2.03. The first kappa shape index (κ1) is 15.0. The maximum Gasteiger partial charge on any atom is 0.490 e. The molecule has 104 valence electrons. The number of halogens is 3. The van der Waals surface area contributed by atoms with E-state index in [1.54, 1.807) is 0 Å². The molecule has 0 atom stereocenters. The van der Waals surface area contributed by atoms with Gasteiger partial charge in [-0.3, -0.25) is 4.79 Å². The highest BCUT2D eigenvalue weighted by Gasteiger charge is 2.38. The van der Waals surface area contributed by atoms with E-state index in [1.165, 1.54) is 0 Å². The minimum absolute atomic E-state index is 0.0277. The standard InChI is InChI=1S/C9H10N2O.C2HF3O2/c12-9-6-10-5-7-3-1-2-4-8(7)11-9;3-2(4,5)1(6)7/h1-4,10H,5-6H2,(H,11,12);(H,6,7). The summed E-state index contributed by atoms with van der Waals surface area (Å²) < 4.78 is 31.7. The number of carboxylic acids is 1. The molecule has 1 heterocycles. The summed E-state index contributed by atoms with van der Waals surface area (Å²) in [7, 11) is 0. The summed E-state index contributed by atoms with van der Waals surface area (Å²) in [5.41, 5.74) is 2.07. The summed E-state index contributed by atoms with van der Waals surface area (Å²) in [4.78, 5) is 20.0. The number of amides is 1. The lowest BCUT2D eigenvalue weighted by Crippen LogP contribution is -2.23. The Hall–Kier alpha value is -2.09. The van der Waals surface area contributed by atoms with E-state index in [4.69, 9.17) is 9.90 Å².